The van der Waals surface area contributed by atoms with E-state index in [4.69, 9.17) is 23.2 Å². The van der Waals surface area contributed by atoms with E-state index in [0.717, 1.165) is 43.4 Å². The van der Waals surface area contributed by atoms with Gasteiger partial charge in [0.25, 0.3) is 0 Å². The molecule has 2 fully saturated rings. The van der Waals surface area contributed by atoms with Gasteiger partial charge in [0, 0.05) is 18.5 Å². The van der Waals surface area contributed by atoms with E-state index in [0.29, 0.717) is 10.9 Å². The summed E-state index contributed by atoms with van der Waals surface area (Å²) in [6, 6.07) is 1.30. The minimum atomic E-state index is -3.64. The maximum absolute atomic E-state index is 12.9. The SMILES string of the molecule is O=S(=O)(c1cc(Cl)sc1Cl)N1CCCC1C1CCCC1O. The van der Waals surface area contributed by atoms with Crippen LogP contribution >= 0.6 is 34.5 Å². The first-order valence-electron chi connectivity index (χ1n) is 7.06. The highest BCUT2D eigenvalue weighted by Gasteiger charge is 2.44. The zero-order valence-electron chi connectivity index (χ0n) is 11.3. The third-order valence-electron chi connectivity index (χ3n) is 4.49. The van der Waals surface area contributed by atoms with E-state index in [9.17, 15) is 13.5 Å². The number of hydrogen-bond acceptors (Lipinski definition) is 4. The molecule has 1 N–H and O–H groups in total. The van der Waals surface area contributed by atoms with Gasteiger partial charge in [-0.1, -0.05) is 29.6 Å². The Bertz CT molecular complexity index is 631. The highest BCUT2D eigenvalue weighted by Crippen LogP contribution is 2.41. The molecule has 3 rings (SSSR count). The molecular formula is C13H17Cl2NO3S2. The number of sulfonamides is 1. The van der Waals surface area contributed by atoms with E-state index in [1.54, 1.807) is 0 Å². The van der Waals surface area contributed by atoms with Crippen LogP contribution < -0.4 is 0 Å². The molecule has 118 valence electrons. The second-order valence-electron chi connectivity index (χ2n) is 5.68. The van der Waals surface area contributed by atoms with Gasteiger partial charge in [0.1, 0.15) is 9.23 Å². The molecule has 3 unspecified atom stereocenters. The summed E-state index contributed by atoms with van der Waals surface area (Å²) < 4.78 is 27.8. The lowest BCUT2D eigenvalue weighted by Crippen LogP contribution is -2.42. The predicted molar refractivity (Wildman–Crippen MR) is 84.6 cm³/mol. The van der Waals surface area contributed by atoms with E-state index < -0.39 is 16.1 Å². The van der Waals surface area contributed by atoms with E-state index in [-0.39, 0.29) is 21.2 Å². The van der Waals surface area contributed by atoms with Gasteiger partial charge in [0.2, 0.25) is 10.0 Å². The fourth-order valence-corrected chi connectivity index (χ4v) is 7.39. The molecule has 21 heavy (non-hydrogen) atoms. The van der Waals surface area contributed by atoms with Crippen molar-refractivity contribution in [3.8, 4) is 0 Å². The van der Waals surface area contributed by atoms with Gasteiger partial charge in [-0.05, 0) is 31.7 Å². The van der Waals surface area contributed by atoms with Crippen molar-refractivity contribution < 1.29 is 13.5 Å². The van der Waals surface area contributed by atoms with Crippen molar-refractivity contribution in [1.29, 1.82) is 0 Å². The van der Waals surface area contributed by atoms with E-state index in [2.05, 4.69) is 0 Å². The van der Waals surface area contributed by atoms with Gasteiger partial charge in [-0.25, -0.2) is 8.42 Å². The molecule has 3 atom stereocenters. The second-order valence-corrected chi connectivity index (χ2v) is 9.82. The normalized spacial score (nSPS) is 31.1. The Labute approximate surface area is 138 Å². The van der Waals surface area contributed by atoms with Crippen molar-refractivity contribution in [3.05, 3.63) is 14.7 Å². The molecule has 4 nitrogen and oxygen atoms in total. The third-order valence-corrected chi connectivity index (χ3v) is 8.16. The largest absolute Gasteiger partial charge is 0.393 e. The average molecular weight is 370 g/mol. The van der Waals surface area contributed by atoms with Crippen LogP contribution in [0.4, 0.5) is 0 Å². The Morgan fingerprint density at radius 3 is 2.57 bits per heavy atom. The van der Waals surface area contributed by atoms with Gasteiger partial charge in [-0.3, -0.25) is 0 Å². The number of nitrogens with zero attached hydrogens (tertiary/aromatic N) is 1. The summed E-state index contributed by atoms with van der Waals surface area (Å²) >= 11 is 13.0. The molecule has 1 saturated carbocycles. The summed E-state index contributed by atoms with van der Waals surface area (Å²) in [4.78, 5) is 0.0959. The van der Waals surface area contributed by atoms with Crippen LogP contribution in [0.15, 0.2) is 11.0 Å². The summed E-state index contributed by atoms with van der Waals surface area (Å²) in [5.74, 6) is 0.0372. The fraction of sp³-hybridized carbons (Fsp3) is 0.692. The second kappa shape index (κ2) is 5.98. The predicted octanol–water partition coefficient (Wildman–Crippen LogP) is 3.37. The standard InChI is InChI=1S/C13H17Cl2NO3S2/c14-12-7-11(13(15)20-12)21(18,19)16-6-2-4-9(16)8-3-1-5-10(8)17/h7-10,17H,1-6H2. The van der Waals surface area contributed by atoms with Gasteiger partial charge in [0.15, 0.2) is 0 Å². The highest BCUT2D eigenvalue weighted by atomic mass is 35.5. The first-order chi connectivity index (χ1) is 9.91. The van der Waals surface area contributed by atoms with Crippen LogP contribution in [0.5, 0.6) is 0 Å². The van der Waals surface area contributed by atoms with Crippen LogP contribution in [0.25, 0.3) is 0 Å². The van der Waals surface area contributed by atoms with Crippen molar-refractivity contribution in [2.45, 2.75) is 49.1 Å². The van der Waals surface area contributed by atoms with Crippen molar-refractivity contribution in [3.63, 3.8) is 0 Å². The van der Waals surface area contributed by atoms with Gasteiger partial charge in [0.05, 0.1) is 10.4 Å². The molecule has 1 aliphatic carbocycles. The number of halogens is 2. The van der Waals surface area contributed by atoms with Crippen LogP contribution in [-0.4, -0.2) is 36.5 Å². The van der Waals surface area contributed by atoms with E-state index in [1.165, 1.54) is 10.4 Å². The molecule has 0 aromatic carbocycles. The monoisotopic (exact) mass is 369 g/mol. The first-order valence-corrected chi connectivity index (χ1v) is 10.1. The number of rotatable bonds is 3. The average Bonchev–Trinajstić information content (AvgIpc) is 3.08. The molecule has 0 bridgehead atoms. The van der Waals surface area contributed by atoms with Crippen LogP contribution in [-0.2, 0) is 10.0 Å². The number of aliphatic hydroxyl groups excluding tert-OH is 1. The first kappa shape index (κ1) is 16.0. The molecule has 0 spiro atoms. The Morgan fingerprint density at radius 1 is 1.24 bits per heavy atom. The summed E-state index contributed by atoms with van der Waals surface area (Å²) in [7, 11) is -3.64. The Morgan fingerprint density at radius 2 is 2.00 bits per heavy atom. The fourth-order valence-electron chi connectivity index (χ4n) is 3.54. The molecule has 1 saturated heterocycles. The van der Waals surface area contributed by atoms with E-state index in [1.807, 2.05) is 0 Å². The lowest BCUT2D eigenvalue weighted by atomic mass is 9.95. The maximum atomic E-state index is 12.9. The van der Waals surface area contributed by atoms with Gasteiger partial charge in [-0.2, -0.15) is 4.31 Å². The lowest BCUT2D eigenvalue weighted by molar-refractivity contribution is 0.0975. The minimum Gasteiger partial charge on any atom is -0.393 e. The topological polar surface area (TPSA) is 57.6 Å². The summed E-state index contributed by atoms with van der Waals surface area (Å²) in [5.41, 5.74) is 0. The van der Waals surface area contributed by atoms with Gasteiger partial charge < -0.3 is 5.11 Å². The smallest absolute Gasteiger partial charge is 0.245 e. The quantitative estimate of drug-likeness (QED) is 0.888. The Hall–Kier alpha value is 0.150. The Kier molecular flexibility index (Phi) is 4.56. The number of thiophene rings is 1. The van der Waals surface area contributed by atoms with Gasteiger partial charge >= 0.3 is 0 Å². The molecule has 0 amide bonds. The summed E-state index contributed by atoms with van der Waals surface area (Å²) in [6.07, 6.45) is 3.84. The molecular weight excluding hydrogens is 353 g/mol. The zero-order valence-corrected chi connectivity index (χ0v) is 14.5. The van der Waals surface area contributed by atoms with Crippen LogP contribution in [0.1, 0.15) is 32.1 Å². The highest BCUT2D eigenvalue weighted by molar-refractivity contribution is 7.89. The van der Waals surface area contributed by atoms with Crippen molar-refractivity contribution in [1.82, 2.24) is 4.31 Å². The molecule has 1 aromatic heterocycles. The molecule has 1 aromatic rings. The molecule has 0 radical (unpaired) electrons. The minimum absolute atomic E-state index is 0.0372. The van der Waals surface area contributed by atoms with E-state index >= 15 is 0 Å². The molecule has 2 aliphatic rings. The molecule has 2 heterocycles. The van der Waals surface area contributed by atoms with Crippen molar-refractivity contribution >= 4 is 44.6 Å². The molecule has 8 heteroatoms. The molecule has 1 aliphatic heterocycles. The van der Waals surface area contributed by atoms with Crippen LogP contribution in [0.2, 0.25) is 8.67 Å². The lowest BCUT2D eigenvalue weighted by Gasteiger charge is -2.30. The Balaban J connectivity index is 1.92. The third kappa shape index (κ3) is 2.86. The van der Waals surface area contributed by atoms with Crippen molar-refractivity contribution in [2.24, 2.45) is 5.92 Å². The van der Waals surface area contributed by atoms with Crippen LogP contribution in [0, 0.1) is 5.92 Å². The number of aliphatic hydroxyl groups is 1. The number of hydrogen-bond donors (Lipinski definition) is 1. The van der Waals surface area contributed by atoms with Crippen molar-refractivity contribution in [2.75, 3.05) is 6.54 Å². The van der Waals surface area contributed by atoms with Gasteiger partial charge in [-0.15, -0.1) is 11.3 Å². The maximum Gasteiger partial charge on any atom is 0.245 e. The summed E-state index contributed by atoms with van der Waals surface area (Å²) in [6.45, 7) is 0.486. The van der Waals surface area contributed by atoms with Crippen LogP contribution in [0.3, 0.4) is 0 Å². The zero-order chi connectivity index (χ0) is 15.2. The summed E-state index contributed by atoms with van der Waals surface area (Å²) in [5, 5.41) is 10.1.